The van der Waals surface area contributed by atoms with Gasteiger partial charge in [0.15, 0.2) is 0 Å². The molecule has 2 heterocycles. The average Bonchev–Trinajstić information content (AvgIpc) is 2.86. The van der Waals surface area contributed by atoms with Crippen molar-refractivity contribution in [3.8, 4) is 5.75 Å². The molecule has 1 aliphatic heterocycles. The van der Waals surface area contributed by atoms with Crippen LogP contribution in [-0.2, 0) is 13.0 Å². The number of non-ortho nitro benzene ring substituents is 1. The molecular weight excluding hydrogens is 300 g/mol. The molecule has 1 aliphatic rings. The van der Waals surface area contributed by atoms with E-state index in [0.29, 0.717) is 6.54 Å². The summed E-state index contributed by atoms with van der Waals surface area (Å²) in [6.45, 7) is 2.55. The number of benzene rings is 1. The lowest BCUT2D eigenvalue weighted by Gasteiger charge is -2.24. The number of rotatable bonds is 3. The Balaban J connectivity index is 1.71. The molecule has 3 rings (SSSR count). The van der Waals surface area contributed by atoms with Crippen molar-refractivity contribution in [1.29, 1.82) is 0 Å². The Morgan fingerprint density at radius 2 is 2.30 bits per heavy atom. The zero-order valence-corrected chi connectivity index (χ0v) is 12.5. The molecule has 0 saturated carbocycles. The first kappa shape index (κ1) is 15.0. The molecule has 0 spiro atoms. The van der Waals surface area contributed by atoms with Crippen molar-refractivity contribution in [3.63, 3.8) is 0 Å². The predicted molar refractivity (Wildman–Crippen MR) is 81.3 cm³/mol. The lowest BCUT2D eigenvalue weighted by molar-refractivity contribution is -0.384. The maximum atomic E-state index is 12.3. The molecule has 2 N–H and O–H groups in total. The monoisotopic (exact) mass is 316 g/mol. The van der Waals surface area contributed by atoms with Crippen molar-refractivity contribution in [3.05, 3.63) is 51.6 Å². The normalized spacial score (nSPS) is 16.7. The summed E-state index contributed by atoms with van der Waals surface area (Å²) in [5.41, 5.74) is 0.721. The van der Waals surface area contributed by atoms with Crippen LogP contribution in [0.3, 0.4) is 0 Å². The Morgan fingerprint density at radius 3 is 3.00 bits per heavy atom. The summed E-state index contributed by atoms with van der Waals surface area (Å²) in [5, 5.41) is 23.3. The van der Waals surface area contributed by atoms with E-state index in [9.17, 15) is 20.0 Å². The standard InChI is InChI=1S/C15H16N4O4/c1-9-7-18-8-10(2-5-14(18)16-9)17-15(21)12-4-3-11(19(22)23)6-13(12)20/h3-4,6-7,10,20H,2,5,8H2,1H3,(H,17,21)/t10-/m1/s1. The van der Waals surface area contributed by atoms with Gasteiger partial charge in [-0.05, 0) is 19.4 Å². The van der Waals surface area contributed by atoms with Crippen LogP contribution >= 0.6 is 0 Å². The van der Waals surface area contributed by atoms with Gasteiger partial charge >= 0.3 is 0 Å². The third-order valence-electron chi connectivity index (χ3n) is 3.89. The van der Waals surface area contributed by atoms with E-state index in [-0.39, 0.29) is 17.3 Å². The highest BCUT2D eigenvalue weighted by molar-refractivity contribution is 5.97. The average molecular weight is 316 g/mol. The second-order valence-corrected chi connectivity index (χ2v) is 5.62. The molecule has 0 bridgehead atoms. The fourth-order valence-electron chi connectivity index (χ4n) is 2.79. The van der Waals surface area contributed by atoms with E-state index >= 15 is 0 Å². The minimum Gasteiger partial charge on any atom is -0.507 e. The topological polar surface area (TPSA) is 110 Å². The smallest absolute Gasteiger partial charge is 0.273 e. The van der Waals surface area contributed by atoms with Crippen LogP contribution in [0, 0.1) is 17.0 Å². The van der Waals surface area contributed by atoms with Crippen LogP contribution in [0.5, 0.6) is 5.75 Å². The Hall–Kier alpha value is -2.90. The van der Waals surface area contributed by atoms with Crippen molar-refractivity contribution >= 4 is 11.6 Å². The molecule has 0 aliphatic carbocycles. The fourth-order valence-corrected chi connectivity index (χ4v) is 2.79. The molecule has 0 fully saturated rings. The summed E-state index contributed by atoms with van der Waals surface area (Å²) in [6, 6.07) is 3.37. The number of carbonyl (C=O) groups is 1. The number of phenols is 1. The summed E-state index contributed by atoms with van der Waals surface area (Å²) in [7, 11) is 0. The number of carbonyl (C=O) groups excluding carboxylic acids is 1. The summed E-state index contributed by atoms with van der Waals surface area (Å²) in [4.78, 5) is 26.7. The third-order valence-corrected chi connectivity index (χ3v) is 3.89. The summed E-state index contributed by atoms with van der Waals surface area (Å²) in [6.07, 6.45) is 3.47. The molecule has 1 aromatic carbocycles. The van der Waals surface area contributed by atoms with Crippen LogP contribution < -0.4 is 5.32 Å². The molecule has 23 heavy (non-hydrogen) atoms. The van der Waals surface area contributed by atoms with Gasteiger partial charge in [-0.25, -0.2) is 4.98 Å². The maximum Gasteiger partial charge on any atom is 0.273 e. The van der Waals surface area contributed by atoms with Gasteiger partial charge in [0, 0.05) is 31.3 Å². The van der Waals surface area contributed by atoms with Gasteiger partial charge in [-0.2, -0.15) is 0 Å². The van der Waals surface area contributed by atoms with E-state index < -0.39 is 16.6 Å². The number of aromatic nitrogens is 2. The first-order valence-electron chi connectivity index (χ1n) is 7.25. The Morgan fingerprint density at radius 1 is 1.52 bits per heavy atom. The third kappa shape index (κ3) is 3.01. The van der Waals surface area contributed by atoms with Crippen LogP contribution in [-0.4, -0.2) is 31.5 Å². The van der Waals surface area contributed by atoms with Crippen molar-refractivity contribution in [2.24, 2.45) is 0 Å². The SMILES string of the molecule is Cc1cn2c(n1)CC[C@@H](NC(=O)c1ccc([N+](=O)[O-])cc1O)C2. The van der Waals surface area contributed by atoms with E-state index in [2.05, 4.69) is 10.3 Å². The first-order valence-corrected chi connectivity index (χ1v) is 7.25. The number of aromatic hydroxyl groups is 1. The Labute approximate surface area is 131 Å². The zero-order valence-electron chi connectivity index (χ0n) is 12.5. The Kier molecular flexibility index (Phi) is 3.73. The maximum absolute atomic E-state index is 12.3. The van der Waals surface area contributed by atoms with Crippen LogP contribution in [0.2, 0.25) is 0 Å². The molecule has 120 valence electrons. The number of amides is 1. The molecule has 2 aromatic rings. The second kappa shape index (κ2) is 5.71. The predicted octanol–water partition coefficient (Wildman–Crippen LogP) is 1.55. The second-order valence-electron chi connectivity index (χ2n) is 5.62. The van der Waals surface area contributed by atoms with Gasteiger partial charge in [-0.1, -0.05) is 0 Å². The van der Waals surface area contributed by atoms with E-state index in [4.69, 9.17) is 0 Å². The number of hydrogen-bond donors (Lipinski definition) is 2. The van der Waals surface area contributed by atoms with Crippen LogP contribution in [0.25, 0.3) is 0 Å². The number of nitro benzene ring substituents is 1. The molecule has 0 radical (unpaired) electrons. The van der Waals surface area contributed by atoms with Crippen LogP contribution in [0.4, 0.5) is 5.69 Å². The molecule has 1 amide bonds. The molecule has 8 heteroatoms. The van der Waals surface area contributed by atoms with Gasteiger partial charge in [0.1, 0.15) is 11.6 Å². The highest BCUT2D eigenvalue weighted by atomic mass is 16.6. The first-order chi connectivity index (χ1) is 10.9. The summed E-state index contributed by atoms with van der Waals surface area (Å²) >= 11 is 0. The number of nitrogens with one attached hydrogen (secondary N) is 1. The molecular formula is C15H16N4O4. The lowest BCUT2D eigenvalue weighted by atomic mass is 10.1. The van der Waals surface area contributed by atoms with Gasteiger partial charge in [0.25, 0.3) is 11.6 Å². The van der Waals surface area contributed by atoms with E-state index in [1.54, 1.807) is 0 Å². The van der Waals surface area contributed by atoms with Crippen molar-refractivity contribution in [2.45, 2.75) is 32.4 Å². The molecule has 1 atom stereocenters. The quantitative estimate of drug-likeness (QED) is 0.659. The highest BCUT2D eigenvalue weighted by Crippen LogP contribution is 2.24. The number of imidazole rings is 1. The van der Waals surface area contributed by atoms with Gasteiger partial charge in [0.05, 0.1) is 22.2 Å². The van der Waals surface area contributed by atoms with Gasteiger partial charge in [-0.3, -0.25) is 14.9 Å². The fraction of sp³-hybridized carbons (Fsp3) is 0.333. The van der Waals surface area contributed by atoms with Crippen molar-refractivity contribution in [1.82, 2.24) is 14.9 Å². The zero-order chi connectivity index (χ0) is 16.6. The van der Waals surface area contributed by atoms with Crippen molar-refractivity contribution < 1.29 is 14.8 Å². The number of aryl methyl sites for hydroxylation is 2. The number of hydrogen-bond acceptors (Lipinski definition) is 5. The van der Waals surface area contributed by atoms with Crippen LogP contribution in [0.15, 0.2) is 24.4 Å². The van der Waals surface area contributed by atoms with Crippen LogP contribution in [0.1, 0.15) is 28.3 Å². The van der Waals surface area contributed by atoms with E-state index in [1.165, 1.54) is 12.1 Å². The molecule has 0 unspecified atom stereocenters. The Bertz CT molecular complexity index is 784. The molecule has 1 aromatic heterocycles. The summed E-state index contributed by atoms with van der Waals surface area (Å²) < 4.78 is 2.01. The number of fused-ring (bicyclic) bond motifs is 1. The largest absolute Gasteiger partial charge is 0.507 e. The number of nitrogens with zero attached hydrogens (tertiary/aromatic N) is 3. The number of nitro groups is 1. The molecule has 8 nitrogen and oxygen atoms in total. The molecule has 0 saturated heterocycles. The van der Waals surface area contributed by atoms with Gasteiger partial charge < -0.3 is 15.0 Å². The number of phenolic OH excluding ortho intramolecular Hbond substituents is 1. The lowest BCUT2D eigenvalue weighted by Crippen LogP contribution is -2.40. The summed E-state index contributed by atoms with van der Waals surface area (Å²) in [5.74, 6) is 0.167. The van der Waals surface area contributed by atoms with E-state index in [0.717, 1.165) is 30.4 Å². The van der Waals surface area contributed by atoms with E-state index in [1.807, 2.05) is 17.7 Å². The van der Waals surface area contributed by atoms with Gasteiger partial charge in [-0.15, -0.1) is 0 Å². The highest BCUT2D eigenvalue weighted by Gasteiger charge is 2.23. The minimum atomic E-state index is -0.620. The van der Waals surface area contributed by atoms with Crippen molar-refractivity contribution in [2.75, 3.05) is 0 Å². The minimum absolute atomic E-state index is 0.0307. The van der Waals surface area contributed by atoms with Gasteiger partial charge in [0.2, 0.25) is 0 Å².